The summed E-state index contributed by atoms with van der Waals surface area (Å²) in [6, 6.07) is 7.62. The Morgan fingerprint density at radius 3 is 2.50 bits per heavy atom. The van der Waals surface area contributed by atoms with E-state index in [2.05, 4.69) is 4.98 Å². The predicted octanol–water partition coefficient (Wildman–Crippen LogP) is 2.61. The average Bonchev–Trinajstić information content (AvgIpc) is 2.30. The molecule has 2 aromatic rings. The number of rotatable bonds is 2. The lowest BCUT2D eigenvalue weighted by molar-refractivity contribution is 0.219. The van der Waals surface area contributed by atoms with Gasteiger partial charge in [-0.05, 0) is 41.8 Å². The van der Waals surface area contributed by atoms with Crippen LogP contribution in [0.15, 0.2) is 42.7 Å². The number of aliphatic hydroxyl groups is 1. The highest BCUT2D eigenvalue weighted by molar-refractivity contribution is 5.33. The number of hydrogen-bond donors (Lipinski definition) is 1. The highest BCUT2D eigenvalue weighted by atomic mass is 19.1. The molecule has 0 amide bonds. The Morgan fingerprint density at radius 2 is 1.88 bits per heavy atom. The van der Waals surface area contributed by atoms with Gasteiger partial charge in [0, 0.05) is 12.4 Å². The maximum atomic E-state index is 12.7. The van der Waals surface area contributed by atoms with Crippen LogP contribution in [0.5, 0.6) is 0 Å². The zero-order valence-corrected chi connectivity index (χ0v) is 8.89. The van der Waals surface area contributed by atoms with Crippen LogP contribution in [-0.4, -0.2) is 10.1 Å². The van der Waals surface area contributed by atoms with E-state index >= 15 is 0 Å². The summed E-state index contributed by atoms with van der Waals surface area (Å²) in [7, 11) is 0. The minimum absolute atomic E-state index is 0.303. The van der Waals surface area contributed by atoms with E-state index in [1.165, 1.54) is 12.1 Å². The van der Waals surface area contributed by atoms with Crippen molar-refractivity contribution in [1.82, 2.24) is 4.98 Å². The SMILES string of the molecule is Cc1cnccc1C(O)c1ccc(F)cc1. The molecule has 82 valence electrons. The van der Waals surface area contributed by atoms with Gasteiger partial charge in [-0.2, -0.15) is 0 Å². The number of aryl methyl sites for hydroxylation is 1. The maximum absolute atomic E-state index is 12.7. The van der Waals surface area contributed by atoms with E-state index in [1.807, 2.05) is 6.92 Å². The summed E-state index contributed by atoms with van der Waals surface area (Å²) < 4.78 is 12.7. The fraction of sp³-hybridized carbons (Fsp3) is 0.154. The smallest absolute Gasteiger partial charge is 0.123 e. The fourth-order valence-electron chi connectivity index (χ4n) is 1.62. The minimum Gasteiger partial charge on any atom is -0.384 e. The van der Waals surface area contributed by atoms with Crippen molar-refractivity contribution in [1.29, 1.82) is 0 Å². The molecular weight excluding hydrogens is 205 g/mol. The third-order valence-corrected chi connectivity index (χ3v) is 2.54. The molecule has 1 unspecified atom stereocenters. The molecule has 2 rings (SSSR count). The zero-order valence-electron chi connectivity index (χ0n) is 8.89. The van der Waals surface area contributed by atoms with Crippen molar-refractivity contribution in [2.75, 3.05) is 0 Å². The number of halogens is 1. The van der Waals surface area contributed by atoms with Crippen molar-refractivity contribution in [3.8, 4) is 0 Å². The summed E-state index contributed by atoms with van der Waals surface area (Å²) in [6.45, 7) is 1.88. The molecule has 16 heavy (non-hydrogen) atoms. The van der Waals surface area contributed by atoms with Crippen molar-refractivity contribution in [2.24, 2.45) is 0 Å². The number of hydrogen-bond acceptors (Lipinski definition) is 2. The van der Waals surface area contributed by atoms with E-state index in [0.29, 0.717) is 5.56 Å². The summed E-state index contributed by atoms with van der Waals surface area (Å²) in [4.78, 5) is 3.96. The highest BCUT2D eigenvalue weighted by Crippen LogP contribution is 2.23. The van der Waals surface area contributed by atoms with Crippen molar-refractivity contribution in [2.45, 2.75) is 13.0 Å². The molecular formula is C13H12FNO. The van der Waals surface area contributed by atoms with Crippen molar-refractivity contribution >= 4 is 0 Å². The third kappa shape index (κ3) is 2.09. The van der Waals surface area contributed by atoms with Crippen LogP contribution in [0.1, 0.15) is 22.8 Å². The summed E-state index contributed by atoms with van der Waals surface area (Å²) in [5.74, 6) is -0.303. The molecule has 0 aliphatic rings. The summed E-state index contributed by atoms with van der Waals surface area (Å²) in [6.07, 6.45) is 2.60. The Hall–Kier alpha value is -1.74. The Morgan fingerprint density at radius 1 is 1.19 bits per heavy atom. The van der Waals surface area contributed by atoms with E-state index < -0.39 is 6.10 Å². The topological polar surface area (TPSA) is 33.1 Å². The van der Waals surface area contributed by atoms with Crippen LogP contribution in [0.4, 0.5) is 4.39 Å². The van der Waals surface area contributed by atoms with Crippen molar-refractivity contribution in [3.63, 3.8) is 0 Å². The van der Waals surface area contributed by atoms with E-state index in [4.69, 9.17) is 0 Å². The van der Waals surface area contributed by atoms with Crippen LogP contribution in [0.3, 0.4) is 0 Å². The molecule has 0 fully saturated rings. The Labute approximate surface area is 93.4 Å². The van der Waals surface area contributed by atoms with Crippen LogP contribution in [0, 0.1) is 12.7 Å². The van der Waals surface area contributed by atoms with Gasteiger partial charge in [-0.3, -0.25) is 4.98 Å². The van der Waals surface area contributed by atoms with Crippen LogP contribution < -0.4 is 0 Å². The number of aromatic nitrogens is 1. The molecule has 0 radical (unpaired) electrons. The first-order chi connectivity index (χ1) is 7.68. The second-order valence-electron chi connectivity index (χ2n) is 3.69. The molecule has 1 atom stereocenters. The second-order valence-corrected chi connectivity index (χ2v) is 3.69. The number of pyridine rings is 1. The molecule has 1 aromatic carbocycles. The van der Waals surface area contributed by atoms with Gasteiger partial charge >= 0.3 is 0 Å². The van der Waals surface area contributed by atoms with Gasteiger partial charge in [-0.15, -0.1) is 0 Å². The minimum atomic E-state index is -0.733. The first-order valence-corrected chi connectivity index (χ1v) is 5.02. The lowest BCUT2D eigenvalue weighted by Crippen LogP contribution is -2.02. The van der Waals surface area contributed by atoms with Gasteiger partial charge in [0.05, 0.1) is 0 Å². The number of nitrogens with zero attached hydrogens (tertiary/aromatic N) is 1. The van der Waals surface area contributed by atoms with E-state index in [0.717, 1.165) is 11.1 Å². The van der Waals surface area contributed by atoms with E-state index in [-0.39, 0.29) is 5.82 Å². The van der Waals surface area contributed by atoms with Gasteiger partial charge in [0.1, 0.15) is 11.9 Å². The van der Waals surface area contributed by atoms with Crippen LogP contribution >= 0.6 is 0 Å². The van der Waals surface area contributed by atoms with Crippen molar-refractivity contribution in [3.05, 3.63) is 65.2 Å². The predicted molar refractivity (Wildman–Crippen MR) is 59.4 cm³/mol. The van der Waals surface area contributed by atoms with E-state index in [9.17, 15) is 9.50 Å². The lowest BCUT2D eigenvalue weighted by atomic mass is 9.99. The molecule has 0 saturated carbocycles. The van der Waals surface area contributed by atoms with Crippen molar-refractivity contribution < 1.29 is 9.50 Å². The molecule has 0 aliphatic carbocycles. The molecule has 2 nitrogen and oxygen atoms in total. The molecule has 1 aromatic heterocycles. The van der Waals surface area contributed by atoms with Gasteiger partial charge in [0.25, 0.3) is 0 Å². The Balaban J connectivity index is 2.35. The normalized spacial score (nSPS) is 12.4. The number of benzene rings is 1. The van der Waals surface area contributed by atoms with Gasteiger partial charge in [0.2, 0.25) is 0 Å². The molecule has 3 heteroatoms. The third-order valence-electron chi connectivity index (χ3n) is 2.54. The van der Waals surface area contributed by atoms with E-state index in [1.54, 1.807) is 30.6 Å². The molecule has 0 saturated heterocycles. The quantitative estimate of drug-likeness (QED) is 0.838. The Bertz CT molecular complexity index is 482. The lowest BCUT2D eigenvalue weighted by Gasteiger charge is -2.13. The molecule has 0 bridgehead atoms. The summed E-state index contributed by atoms with van der Waals surface area (Å²) >= 11 is 0. The zero-order chi connectivity index (χ0) is 11.5. The van der Waals surface area contributed by atoms with Crippen LogP contribution in [-0.2, 0) is 0 Å². The largest absolute Gasteiger partial charge is 0.384 e. The second kappa shape index (κ2) is 4.41. The average molecular weight is 217 g/mol. The van der Waals surface area contributed by atoms with Gasteiger partial charge in [-0.25, -0.2) is 4.39 Å². The summed E-state index contributed by atoms with van der Waals surface area (Å²) in [5.41, 5.74) is 2.39. The molecule has 1 N–H and O–H groups in total. The summed E-state index contributed by atoms with van der Waals surface area (Å²) in [5, 5.41) is 10.1. The van der Waals surface area contributed by atoms with Crippen LogP contribution in [0.25, 0.3) is 0 Å². The fourth-order valence-corrected chi connectivity index (χ4v) is 1.62. The maximum Gasteiger partial charge on any atom is 0.123 e. The molecule has 0 spiro atoms. The first-order valence-electron chi connectivity index (χ1n) is 5.02. The first kappa shape index (κ1) is 10.8. The van der Waals surface area contributed by atoms with Gasteiger partial charge in [0.15, 0.2) is 0 Å². The highest BCUT2D eigenvalue weighted by Gasteiger charge is 2.12. The van der Waals surface area contributed by atoms with Gasteiger partial charge in [-0.1, -0.05) is 12.1 Å². The number of aliphatic hydroxyl groups excluding tert-OH is 1. The van der Waals surface area contributed by atoms with Crippen LogP contribution in [0.2, 0.25) is 0 Å². The van der Waals surface area contributed by atoms with Gasteiger partial charge < -0.3 is 5.11 Å². The molecule has 1 heterocycles. The standard InChI is InChI=1S/C13H12FNO/c1-9-8-15-7-6-12(9)13(16)10-2-4-11(14)5-3-10/h2-8,13,16H,1H3. The molecule has 0 aliphatic heterocycles. The monoisotopic (exact) mass is 217 g/mol. The Kier molecular flexibility index (Phi) is 2.97.